The van der Waals surface area contributed by atoms with Gasteiger partial charge in [-0.05, 0) is 38.8 Å². The number of carbonyl (C=O) groups excluding carboxylic acids is 1. The Bertz CT molecular complexity index is 1200. The number of nitrogens with zero attached hydrogens (tertiary/aromatic N) is 3. The van der Waals surface area contributed by atoms with E-state index in [1.54, 1.807) is 6.07 Å². The van der Waals surface area contributed by atoms with Crippen LogP contribution in [0.4, 0.5) is 0 Å². The molecule has 2 aromatic carbocycles. The molecular weight excluding hydrogens is 428 g/mol. The number of aromatic hydroxyl groups is 1. The van der Waals surface area contributed by atoms with Gasteiger partial charge in [0.15, 0.2) is 5.69 Å². The minimum absolute atomic E-state index is 0.0636. The number of benzene rings is 2. The fourth-order valence-electron chi connectivity index (χ4n) is 5.16. The summed E-state index contributed by atoms with van der Waals surface area (Å²) >= 11 is 0. The summed E-state index contributed by atoms with van der Waals surface area (Å²) in [5.41, 5.74) is 3.59. The quantitative estimate of drug-likeness (QED) is 0.546. The largest absolute Gasteiger partial charge is 0.508 e. The number of phenolic OH excluding ortho intramolecular Hbond substituents is 1. The number of fused-ring (bicyclic) bond motifs is 3. The van der Waals surface area contributed by atoms with Gasteiger partial charge in [0.2, 0.25) is 0 Å². The van der Waals surface area contributed by atoms with Crippen LogP contribution >= 0.6 is 0 Å². The molecule has 3 atom stereocenters. The number of hydrogen-bond acceptors (Lipinski definition) is 5. The minimum atomic E-state index is -0.120. The van der Waals surface area contributed by atoms with Crippen LogP contribution in [-0.4, -0.2) is 57.0 Å². The van der Waals surface area contributed by atoms with Crippen molar-refractivity contribution < 1.29 is 14.6 Å². The van der Waals surface area contributed by atoms with Crippen molar-refractivity contribution in [2.45, 2.75) is 57.9 Å². The Balaban J connectivity index is 1.31. The second-order valence-corrected chi connectivity index (χ2v) is 9.62. The number of piperidine rings is 1. The first kappa shape index (κ1) is 22.6. The summed E-state index contributed by atoms with van der Waals surface area (Å²) in [5, 5.41) is 19.1. The highest BCUT2D eigenvalue weighted by Gasteiger charge is 2.40. The highest BCUT2D eigenvalue weighted by Crippen LogP contribution is 2.31. The molecule has 1 amide bonds. The Labute approximate surface area is 200 Å². The van der Waals surface area contributed by atoms with Crippen molar-refractivity contribution in [3.8, 4) is 5.75 Å². The molecule has 0 radical (unpaired) electrons. The lowest BCUT2D eigenvalue weighted by Gasteiger charge is -2.48. The number of morpholine rings is 1. The van der Waals surface area contributed by atoms with Crippen LogP contribution < -0.4 is 5.32 Å². The van der Waals surface area contributed by atoms with Gasteiger partial charge in [-0.2, -0.15) is 5.10 Å². The number of phenols is 1. The smallest absolute Gasteiger partial charge is 0.272 e. The molecule has 1 aromatic heterocycles. The van der Waals surface area contributed by atoms with E-state index >= 15 is 0 Å². The molecule has 7 heteroatoms. The van der Waals surface area contributed by atoms with Crippen LogP contribution in [0, 0.1) is 0 Å². The van der Waals surface area contributed by atoms with Crippen LogP contribution in [0.25, 0.3) is 10.9 Å². The minimum Gasteiger partial charge on any atom is -0.508 e. The normalized spacial score (nSPS) is 22.5. The zero-order valence-corrected chi connectivity index (χ0v) is 19.8. The Morgan fingerprint density at radius 3 is 2.56 bits per heavy atom. The van der Waals surface area contributed by atoms with Crippen LogP contribution in [0.5, 0.6) is 5.75 Å². The van der Waals surface area contributed by atoms with Crippen LogP contribution in [0.3, 0.4) is 0 Å². The molecule has 2 fully saturated rings. The third kappa shape index (κ3) is 4.58. The van der Waals surface area contributed by atoms with Crippen molar-refractivity contribution in [2.24, 2.45) is 0 Å². The molecule has 3 heterocycles. The summed E-state index contributed by atoms with van der Waals surface area (Å²) in [7, 11) is 0. The summed E-state index contributed by atoms with van der Waals surface area (Å²) in [5.74, 6) is 0.206. The number of rotatable bonds is 6. The molecule has 2 N–H and O–H groups in total. The van der Waals surface area contributed by atoms with E-state index in [4.69, 9.17) is 4.74 Å². The molecule has 34 heavy (non-hydrogen) atoms. The van der Waals surface area contributed by atoms with Crippen molar-refractivity contribution in [2.75, 3.05) is 13.2 Å². The first-order valence-corrected chi connectivity index (χ1v) is 12.0. The Kier molecular flexibility index (Phi) is 6.39. The number of carbonyl (C=O) groups is 1. The van der Waals surface area contributed by atoms with Crippen molar-refractivity contribution in [1.29, 1.82) is 0 Å². The lowest BCUT2D eigenvalue weighted by Crippen LogP contribution is -2.60. The van der Waals surface area contributed by atoms with Gasteiger partial charge in [0.25, 0.3) is 5.91 Å². The first-order chi connectivity index (χ1) is 16.5. The van der Waals surface area contributed by atoms with E-state index in [-0.39, 0.29) is 24.0 Å². The lowest BCUT2D eigenvalue weighted by atomic mass is 9.89. The predicted molar refractivity (Wildman–Crippen MR) is 132 cm³/mol. The topological polar surface area (TPSA) is 79.6 Å². The maximum Gasteiger partial charge on any atom is 0.272 e. The predicted octanol–water partition coefficient (Wildman–Crippen LogP) is 3.87. The highest BCUT2D eigenvalue weighted by atomic mass is 16.5. The number of allylic oxidation sites excluding steroid dienone is 2. The molecule has 0 aliphatic carbocycles. The van der Waals surface area contributed by atoms with Gasteiger partial charge in [0.05, 0.1) is 25.3 Å². The van der Waals surface area contributed by atoms with E-state index in [2.05, 4.69) is 35.2 Å². The third-order valence-corrected chi connectivity index (χ3v) is 6.90. The monoisotopic (exact) mass is 460 g/mol. The van der Waals surface area contributed by atoms with Crippen molar-refractivity contribution in [3.63, 3.8) is 0 Å². The zero-order chi connectivity index (χ0) is 23.7. The molecule has 0 saturated carbocycles. The SMILES string of the molecule is CC(C)=CCn1nc(C(=O)N[C@H]2C[C@H]3COC[C@@H](C2)N3Cc2ccccc2O)c2ccccc21. The Morgan fingerprint density at radius 1 is 1.12 bits per heavy atom. The molecule has 0 spiro atoms. The van der Waals surface area contributed by atoms with E-state index in [1.165, 1.54) is 5.57 Å². The van der Waals surface area contributed by atoms with Gasteiger partial charge in [-0.3, -0.25) is 14.4 Å². The van der Waals surface area contributed by atoms with E-state index in [9.17, 15) is 9.90 Å². The highest BCUT2D eigenvalue weighted by molar-refractivity contribution is 6.05. The number of aromatic nitrogens is 2. The number of nitrogens with one attached hydrogen (secondary N) is 1. The summed E-state index contributed by atoms with van der Waals surface area (Å²) in [6, 6.07) is 15.9. The molecule has 2 bridgehead atoms. The Morgan fingerprint density at radius 2 is 1.82 bits per heavy atom. The van der Waals surface area contributed by atoms with Crippen molar-refractivity contribution in [3.05, 3.63) is 71.4 Å². The summed E-state index contributed by atoms with van der Waals surface area (Å²) in [6.07, 6.45) is 3.74. The van der Waals surface area contributed by atoms with Crippen LogP contribution in [-0.2, 0) is 17.8 Å². The maximum absolute atomic E-state index is 13.3. The van der Waals surface area contributed by atoms with Crippen LogP contribution in [0.15, 0.2) is 60.2 Å². The average Bonchev–Trinajstić information content (AvgIpc) is 3.18. The fourth-order valence-corrected chi connectivity index (χ4v) is 5.16. The van der Waals surface area contributed by atoms with E-state index in [0.29, 0.717) is 37.7 Å². The zero-order valence-electron chi connectivity index (χ0n) is 19.8. The third-order valence-electron chi connectivity index (χ3n) is 6.90. The first-order valence-electron chi connectivity index (χ1n) is 12.0. The molecule has 3 aromatic rings. The molecule has 7 nitrogen and oxygen atoms in total. The van der Waals surface area contributed by atoms with E-state index in [1.807, 2.05) is 47.1 Å². The standard InChI is InChI=1S/C27H32N4O3/c1-18(2)11-12-31-24-9-5-4-8-23(24)26(29-31)27(33)28-20-13-21-16-34-17-22(14-20)30(21)15-19-7-3-6-10-25(19)32/h3-11,20-22,32H,12-17H2,1-2H3,(H,28,33)/t20-,21-,22+. The van der Waals surface area contributed by atoms with E-state index < -0.39 is 0 Å². The molecule has 178 valence electrons. The Hall–Kier alpha value is -3.16. The van der Waals surface area contributed by atoms with Gasteiger partial charge in [-0.15, -0.1) is 0 Å². The van der Waals surface area contributed by atoms with Crippen LogP contribution in [0.2, 0.25) is 0 Å². The lowest BCUT2D eigenvalue weighted by molar-refractivity contribution is -0.0845. The molecule has 5 rings (SSSR count). The second-order valence-electron chi connectivity index (χ2n) is 9.62. The van der Waals surface area contributed by atoms with Gasteiger partial charge in [0, 0.05) is 35.6 Å². The van der Waals surface area contributed by atoms with Gasteiger partial charge in [-0.1, -0.05) is 48.0 Å². The van der Waals surface area contributed by atoms with Crippen molar-refractivity contribution >= 4 is 16.8 Å². The van der Waals surface area contributed by atoms with Crippen LogP contribution in [0.1, 0.15) is 42.7 Å². The summed E-state index contributed by atoms with van der Waals surface area (Å²) < 4.78 is 7.74. The average molecular weight is 461 g/mol. The number of hydrogen-bond donors (Lipinski definition) is 2. The molecular formula is C27H32N4O3. The summed E-state index contributed by atoms with van der Waals surface area (Å²) in [4.78, 5) is 15.8. The molecule has 2 saturated heterocycles. The molecule has 2 aliphatic heterocycles. The number of ether oxygens (including phenoxy) is 1. The molecule has 2 aliphatic rings. The summed E-state index contributed by atoms with van der Waals surface area (Å²) in [6.45, 7) is 6.72. The van der Waals surface area contributed by atoms with Gasteiger partial charge in [-0.25, -0.2) is 0 Å². The maximum atomic E-state index is 13.3. The van der Waals surface area contributed by atoms with Gasteiger partial charge >= 0.3 is 0 Å². The van der Waals surface area contributed by atoms with Gasteiger partial charge < -0.3 is 15.2 Å². The second kappa shape index (κ2) is 9.60. The fraction of sp³-hybridized carbons (Fsp3) is 0.407. The molecule has 0 unspecified atom stereocenters. The number of para-hydroxylation sites is 2. The van der Waals surface area contributed by atoms with Gasteiger partial charge in [0.1, 0.15) is 5.75 Å². The van der Waals surface area contributed by atoms with Crippen molar-refractivity contribution in [1.82, 2.24) is 20.0 Å². The number of amides is 1. The van der Waals surface area contributed by atoms with E-state index in [0.717, 1.165) is 29.3 Å².